The zero-order valence-corrected chi connectivity index (χ0v) is 8.57. The van der Waals surface area contributed by atoms with E-state index in [-0.39, 0.29) is 7.11 Å². The summed E-state index contributed by atoms with van der Waals surface area (Å²) < 4.78 is 137. The Morgan fingerprint density at radius 1 is 0.789 bits per heavy atom. The van der Waals surface area contributed by atoms with E-state index in [4.69, 9.17) is 0 Å². The molecule has 0 heterocycles. The highest BCUT2D eigenvalue weighted by atomic mass is 19.4. The summed E-state index contributed by atoms with van der Waals surface area (Å²) in [6.07, 6.45) is -17.5. The molecule has 0 amide bonds. The summed E-state index contributed by atoms with van der Waals surface area (Å²) >= 11 is 0. The molecule has 0 aliphatic heterocycles. The molecular weight excluding hydrogens is 309 g/mol. The van der Waals surface area contributed by atoms with Gasteiger partial charge in [-0.2, -0.15) is 48.3 Å². The fraction of sp³-hybridized carbons (Fsp3) is 0.714. The Hall–Kier alpha value is -1.07. The molecule has 0 aromatic rings. The molecule has 0 saturated carbocycles. The lowest BCUT2D eigenvalue weighted by molar-refractivity contribution is -0.374. The number of hydrogen-bond donors (Lipinski definition) is 0. The Bertz CT molecular complexity index is 360. The summed E-state index contributed by atoms with van der Waals surface area (Å²) in [6.45, 7) is 0. The molecule has 0 bridgehead atoms. The molecule has 0 rings (SSSR count). The molecule has 114 valence electrons. The van der Waals surface area contributed by atoms with Gasteiger partial charge in [0.15, 0.2) is 5.57 Å². The average Bonchev–Trinajstić information content (AvgIpc) is 2.12. The Labute approximate surface area is 97.2 Å². The predicted octanol–water partition coefficient (Wildman–Crippen LogP) is 4.21. The largest absolute Gasteiger partial charge is 0.459 e. The van der Waals surface area contributed by atoms with Crippen molar-refractivity contribution in [2.24, 2.45) is 0 Å². The average molecular weight is 312 g/mol. The second-order valence-corrected chi connectivity index (χ2v) is 3.00. The van der Waals surface area contributed by atoms with Crippen LogP contribution in [0.1, 0.15) is 0 Å². The van der Waals surface area contributed by atoms with Gasteiger partial charge in [0, 0.05) is 7.11 Å². The highest BCUT2D eigenvalue weighted by Crippen LogP contribution is 2.53. The van der Waals surface area contributed by atoms with Gasteiger partial charge in [-0.25, -0.2) is 0 Å². The second-order valence-electron chi connectivity index (χ2n) is 3.00. The van der Waals surface area contributed by atoms with Gasteiger partial charge >= 0.3 is 24.1 Å². The molecule has 0 radical (unpaired) electrons. The van der Waals surface area contributed by atoms with Crippen molar-refractivity contribution in [1.82, 2.24) is 0 Å². The maximum absolute atomic E-state index is 13.3. The van der Waals surface area contributed by atoms with E-state index in [9.17, 15) is 48.3 Å². The highest BCUT2D eigenvalue weighted by molar-refractivity contribution is 5.25. The minimum absolute atomic E-state index is 0.339. The third kappa shape index (κ3) is 2.92. The quantitative estimate of drug-likeness (QED) is 0.709. The summed E-state index contributed by atoms with van der Waals surface area (Å²) in [5.41, 5.74) is -4.05. The lowest BCUT2D eigenvalue weighted by Gasteiger charge is -2.34. The summed E-state index contributed by atoms with van der Waals surface area (Å²) in [5, 5.41) is 0. The van der Waals surface area contributed by atoms with Crippen molar-refractivity contribution in [2.75, 3.05) is 7.11 Å². The lowest BCUT2D eigenvalue weighted by Crippen LogP contribution is -2.58. The first-order valence-corrected chi connectivity index (χ1v) is 3.94. The lowest BCUT2D eigenvalue weighted by atomic mass is 10.0. The molecule has 0 spiro atoms. The van der Waals surface area contributed by atoms with Crippen LogP contribution in [0.25, 0.3) is 0 Å². The molecule has 0 fully saturated rings. The van der Waals surface area contributed by atoms with E-state index in [1.807, 2.05) is 0 Å². The van der Waals surface area contributed by atoms with Crippen LogP contribution in [0.2, 0.25) is 0 Å². The normalized spacial score (nSPS) is 17.1. The van der Waals surface area contributed by atoms with Gasteiger partial charge in [-0.05, 0) is 0 Å². The van der Waals surface area contributed by atoms with Gasteiger partial charge in [0.25, 0.3) is 6.08 Å². The van der Waals surface area contributed by atoms with E-state index in [0.717, 1.165) is 0 Å². The van der Waals surface area contributed by atoms with Gasteiger partial charge in [0.05, 0.1) is 0 Å². The number of rotatable bonds is 3. The number of halogens is 11. The zero-order valence-electron chi connectivity index (χ0n) is 8.57. The summed E-state index contributed by atoms with van der Waals surface area (Å²) in [7, 11) is -0.339. The Kier molecular flexibility index (Phi) is 4.53. The van der Waals surface area contributed by atoms with Crippen molar-refractivity contribution in [3.63, 3.8) is 0 Å². The zero-order chi connectivity index (χ0) is 15.9. The van der Waals surface area contributed by atoms with Crippen LogP contribution in [-0.4, -0.2) is 31.2 Å². The summed E-state index contributed by atoms with van der Waals surface area (Å²) in [5.74, 6) is -13.0. The first-order valence-electron chi connectivity index (χ1n) is 3.94. The Balaban J connectivity index is 6.23. The van der Waals surface area contributed by atoms with Crippen LogP contribution in [0, 0.1) is 0 Å². The van der Waals surface area contributed by atoms with Gasteiger partial charge in [0.1, 0.15) is 0 Å². The topological polar surface area (TPSA) is 9.23 Å². The molecule has 1 atom stereocenters. The van der Waals surface area contributed by atoms with E-state index < -0.39 is 35.8 Å². The third-order valence-electron chi connectivity index (χ3n) is 1.84. The van der Waals surface area contributed by atoms with Crippen LogP contribution in [-0.2, 0) is 4.74 Å². The fourth-order valence-electron chi connectivity index (χ4n) is 0.981. The summed E-state index contributed by atoms with van der Waals surface area (Å²) in [4.78, 5) is 0. The molecule has 0 aliphatic rings. The van der Waals surface area contributed by atoms with Crippen molar-refractivity contribution in [2.45, 2.75) is 24.1 Å². The molecule has 0 N–H and O–H groups in total. The van der Waals surface area contributed by atoms with Gasteiger partial charge in [-0.3, -0.25) is 0 Å². The molecular formula is C7H3F11O. The first-order chi connectivity index (χ1) is 8.13. The van der Waals surface area contributed by atoms with Crippen LogP contribution in [0.15, 0.2) is 11.7 Å². The molecule has 0 aliphatic carbocycles. The number of alkyl halides is 9. The number of methoxy groups -OCH3 is 1. The van der Waals surface area contributed by atoms with E-state index in [0.29, 0.717) is 0 Å². The Morgan fingerprint density at radius 2 is 1.16 bits per heavy atom. The van der Waals surface area contributed by atoms with E-state index in [2.05, 4.69) is 4.74 Å². The minimum atomic E-state index is -6.89. The molecule has 0 saturated heterocycles. The second kappa shape index (κ2) is 4.80. The number of ether oxygens (including phenoxy) is 1. The smallest absolute Gasteiger partial charge is 0.341 e. The van der Waals surface area contributed by atoms with Crippen LogP contribution in [0.3, 0.4) is 0 Å². The highest BCUT2D eigenvalue weighted by Gasteiger charge is 2.77. The standard InChI is InChI=1S/C7H3F11O/c1-19-4(10,6(14,15)7(16,17)18)2(3(8)9)5(11,12)13/h1H3. The molecule has 19 heavy (non-hydrogen) atoms. The van der Waals surface area contributed by atoms with Gasteiger partial charge in [-0.1, -0.05) is 0 Å². The van der Waals surface area contributed by atoms with E-state index >= 15 is 0 Å². The van der Waals surface area contributed by atoms with Crippen LogP contribution < -0.4 is 0 Å². The predicted molar refractivity (Wildman–Crippen MR) is 37.1 cm³/mol. The fourth-order valence-corrected chi connectivity index (χ4v) is 0.981. The first kappa shape index (κ1) is 17.9. The van der Waals surface area contributed by atoms with Crippen LogP contribution in [0.4, 0.5) is 48.3 Å². The van der Waals surface area contributed by atoms with Gasteiger partial charge in [0.2, 0.25) is 0 Å². The molecule has 0 aromatic carbocycles. The summed E-state index contributed by atoms with van der Waals surface area (Å²) in [6, 6.07) is 0. The maximum atomic E-state index is 13.3. The minimum Gasteiger partial charge on any atom is -0.341 e. The molecule has 1 unspecified atom stereocenters. The van der Waals surface area contributed by atoms with Gasteiger partial charge in [-0.15, -0.1) is 0 Å². The SMILES string of the molecule is COC(F)(C(=C(F)F)C(F)(F)F)C(F)(F)C(F)(F)F. The third-order valence-corrected chi connectivity index (χ3v) is 1.84. The van der Waals surface area contributed by atoms with Crippen LogP contribution >= 0.6 is 0 Å². The van der Waals surface area contributed by atoms with Gasteiger partial charge < -0.3 is 4.74 Å². The monoisotopic (exact) mass is 312 g/mol. The molecule has 0 aromatic heterocycles. The van der Waals surface area contributed by atoms with Crippen molar-refractivity contribution in [3.8, 4) is 0 Å². The van der Waals surface area contributed by atoms with Crippen molar-refractivity contribution in [3.05, 3.63) is 11.7 Å². The Morgan fingerprint density at radius 3 is 1.32 bits per heavy atom. The van der Waals surface area contributed by atoms with Crippen LogP contribution in [0.5, 0.6) is 0 Å². The molecule has 1 nitrogen and oxygen atoms in total. The van der Waals surface area contributed by atoms with E-state index in [1.165, 1.54) is 0 Å². The number of hydrogen-bond acceptors (Lipinski definition) is 1. The maximum Gasteiger partial charge on any atom is 0.459 e. The van der Waals surface area contributed by atoms with Crippen molar-refractivity contribution >= 4 is 0 Å². The van der Waals surface area contributed by atoms with Crippen molar-refractivity contribution < 1.29 is 53.0 Å². The van der Waals surface area contributed by atoms with E-state index in [1.54, 1.807) is 0 Å². The molecule has 12 heteroatoms. The van der Waals surface area contributed by atoms with Crippen molar-refractivity contribution in [1.29, 1.82) is 0 Å².